The van der Waals surface area contributed by atoms with Crippen LogP contribution in [0.25, 0.3) is 22.6 Å². The van der Waals surface area contributed by atoms with Crippen LogP contribution in [0.15, 0.2) is 63.7 Å². The molecule has 1 saturated heterocycles. The van der Waals surface area contributed by atoms with E-state index in [2.05, 4.69) is 34.4 Å². The van der Waals surface area contributed by atoms with Crippen LogP contribution in [0.4, 0.5) is 0 Å². The smallest absolute Gasteiger partial charge is 0.339 e. The summed E-state index contributed by atoms with van der Waals surface area (Å²) in [4.78, 5) is 32.4. The van der Waals surface area contributed by atoms with Gasteiger partial charge in [0.1, 0.15) is 5.69 Å². The molecule has 180 valence electrons. The molecule has 1 fully saturated rings. The lowest BCUT2D eigenvalue weighted by Crippen LogP contribution is -2.44. The summed E-state index contributed by atoms with van der Waals surface area (Å²) < 4.78 is 16.3. The molecule has 0 radical (unpaired) electrons. The first kappa shape index (κ1) is 22.8. The molecule has 1 unspecified atom stereocenters. The Kier molecular flexibility index (Phi) is 6.35. The number of esters is 1. The molecule has 8 heteroatoms. The Labute approximate surface area is 202 Å². The molecule has 8 nitrogen and oxygen atoms in total. The van der Waals surface area contributed by atoms with Crippen molar-refractivity contribution in [3.05, 3.63) is 71.6 Å². The van der Waals surface area contributed by atoms with Gasteiger partial charge in [-0.3, -0.25) is 4.79 Å². The summed E-state index contributed by atoms with van der Waals surface area (Å²) >= 11 is 0. The summed E-state index contributed by atoms with van der Waals surface area (Å²) in [7, 11) is 0. The van der Waals surface area contributed by atoms with Crippen molar-refractivity contribution in [2.24, 2.45) is 5.92 Å². The normalized spacial score (nSPS) is 15.3. The van der Waals surface area contributed by atoms with E-state index in [-0.39, 0.29) is 17.2 Å². The number of fused-ring (bicyclic) bond motifs is 1. The molecule has 1 amide bonds. The van der Waals surface area contributed by atoms with E-state index >= 15 is 0 Å². The number of hydrogen-bond donors (Lipinski definition) is 0. The summed E-state index contributed by atoms with van der Waals surface area (Å²) in [5.74, 6) is 0.213. The minimum atomic E-state index is -0.913. The number of carbonyl (C=O) groups is 2. The second-order valence-corrected chi connectivity index (χ2v) is 8.99. The number of benzene rings is 1. The third kappa shape index (κ3) is 4.82. The molecule has 5 rings (SSSR count). The highest BCUT2D eigenvalue weighted by Crippen LogP contribution is 2.28. The molecule has 1 aromatic carbocycles. The molecule has 0 N–H and O–H groups in total. The molecule has 4 heterocycles. The van der Waals surface area contributed by atoms with Crippen LogP contribution in [0.2, 0.25) is 0 Å². The van der Waals surface area contributed by atoms with E-state index in [1.54, 1.807) is 36.9 Å². The molecule has 0 spiro atoms. The Balaban J connectivity index is 1.25. The average Bonchev–Trinajstić information content (AvgIpc) is 3.54. The lowest BCUT2D eigenvalue weighted by molar-refractivity contribution is -0.141. The summed E-state index contributed by atoms with van der Waals surface area (Å²) in [6.45, 7) is 4.66. The highest BCUT2D eigenvalue weighted by atomic mass is 16.5. The maximum absolute atomic E-state index is 13.2. The predicted octanol–water partition coefficient (Wildman–Crippen LogP) is 4.82. The van der Waals surface area contributed by atoms with E-state index in [0.717, 1.165) is 19.3 Å². The van der Waals surface area contributed by atoms with E-state index in [4.69, 9.17) is 13.7 Å². The minimum Gasteiger partial charge on any atom is -0.463 e. The minimum absolute atomic E-state index is 0.185. The van der Waals surface area contributed by atoms with Crippen LogP contribution < -0.4 is 0 Å². The Morgan fingerprint density at radius 3 is 2.63 bits per heavy atom. The van der Waals surface area contributed by atoms with Crippen molar-refractivity contribution in [3.8, 4) is 11.5 Å². The predicted molar refractivity (Wildman–Crippen MR) is 129 cm³/mol. The lowest BCUT2D eigenvalue weighted by atomic mass is 9.90. The Hall–Kier alpha value is -3.94. The van der Waals surface area contributed by atoms with Gasteiger partial charge in [-0.1, -0.05) is 35.5 Å². The highest BCUT2D eigenvalue weighted by Gasteiger charge is 2.30. The number of furan rings is 1. The zero-order valence-corrected chi connectivity index (χ0v) is 19.8. The van der Waals surface area contributed by atoms with Crippen molar-refractivity contribution in [1.82, 2.24) is 15.0 Å². The van der Waals surface area contributed by atoms with Gasteiger partial charge in [0, 0.05) is 13.1 Å². The summed E-state index contributed by atoms with van der Waals surface area (Å²) in [6.07, 6.45) is 3.48. The van der Waals surface area contributed by atoms with Gasteiger partial charge >= 0.3 is 5.97 Å². The van der Waals surface area contributed by atoms with Crippen molar-refractivity contribution in [3.63, 3.8) is 0 Å². The number of carbonyl (C=O) groups excluding carboxylic acids is 2. The topological polar surface area (TPSA) is 98.7 Å². The fourth-order valence-electron chi connectivity index (χ4n) is 4.64. The molecule has 1 aliphatic heterocycles. The molecule has 3 aromatic heterocycles. The van der Waals surface area contributed by atoms with Crippen LogP contribution in [0.1, 0.15) is 41.4 Å². The maximum Gasteiger partial charge on any atom is 0.339 e. The molecule has 4 aromatic rings. The van der Waals surface area contributed by atoms with Gasteiger partial charge < -0.3 is 18.6 Å². The van der Waals surface area contributed by atoms with Gasteiger partial charge in [-0.05, 0) is 62.8 Å². The largest absolute Gasteiger partial charge is 0.463 e. The molecule has 1 aliphatic rings. The van der Waals surface area contributed by atoms with Crippen LogP contribution >= 0.6 is 0 Å². The number of amides is 1. The first-order chi connectivity index (χ1) is 17.0. The van der Waals surface area contributed by atoms with Gasteiger partial charge in [-0.2, -0.15) is 0 Å². The SMILES string of the molecule is Cc1noc2nc(-c3ccco3)cc(C(=O)OC(C)C(=O)N3CCC(Cc4ccccc4)CC3)c12. The number of pyridine rings is 1. The van der Waals surface area contributed by atoms with Crippen molar-refractivity contribution in [2.45, 2.75) is 39.2 Å². The molecular weight excluding hydrogens is 446 g/mol. The van der Waals surface area contributed by atoms with Crippen molar-refractivity contribution in [1.29, 1.82) is 0 Å². The molecule has 1 atom stereocenters. The molecule has 35 heavy (non-hydrogen) atoms. The number of piperidine rings is 1. The number of nitrogens with zero attached hydrogens (tertiary/aromatic N) is 3. The van der Waals surface area contributed by atoms with Crippen LogP contribution in [-0.4, -0.2) is 46.1 Å². The molecule has 0 aliphatic carbocycles. The van der Waals surface area contributed by atoms with Crippen LogP contribution in [0.3, 0.4) is 0 Å². The Morgan fingerprint density at radius 2 is 1.91 bits per heavy atom. The standard InChI is InChI=1S/C27H27N3O5/c1-17-24-21(16-22(23-9-6-14-33-23)28-25(24)35-29-17)27(32)34-18(2)26(31)30-12-10-20(11-13-30)15-19-7-4-3-5-8-19/h3-9,14,16,18,20H,10-13,15H2,1-2H3. The quantitative estimate of drug-likeness (QED) is 0.370. The summed E-state index contributed by atoms with van der Waals surface area (Å²) in [5, 5.41) is 4.40. The maximum atomic E-state index is 13.2. The van der Waals surface area contributed by atoms with Gasteiger partial charge in [0.25, 0.3) is 11.6 Å². The zero-order chi connectivity index (χ0) is 24.4. The number of rotatable bonds is 6. The number of likely N-dealkylation sites (tertiary alicyclic amines) is 1. The third-order valence-electron chi connectivity index (χ3n) is 6.54. The molecule has 0 saturated carbocycles. The Bertz CT molecular complexity index is 1320. The van der Waals surface area contributed by atoms with E-state index < -0.39 is 12.1 Å². The lowest BCUT2D eigenvalue weighted by Gasteiger charge is -2.33. The first-order valence-corrected chi connectivity index (χ1v) is 11.8. The number of aromatic nitrogens is 2. The van der Waals surface area contributed by atoms with E-state index in [9.17, 15) is 9.59 Å². The summed E-state index contributed by atoms with van der Waals surface area (Å²) in [6, 6.07) is 15.5. The first-order valence-electron chi connectivity index (χ1n) is 11.8. The van der Waals surface area contributed by atoms with Gasteiger partial charge in [-0.25, -0.2) is 9.78 Å². The summed E-state index contributed by atoms with van der Waals surface area (Å²) in [5.41, 5.74) is 2.71. The average molecular weight is 474 g/mol. The van der Waals surface area contributed by atoms with Gasteiger partial charge in [0.05, 0.1) is 22.9 Å². The molecule has 0 bridgehead atoms. The van der Waals surface area contributed by atoms with Gasteiger partial charge in [0.15, 0.2) is 11.9 Å². The van der Waals surface area contributed by atoms with Crippen LogP contribution in [0.5, 0.6) is 0 Å². The van der Waals surface area contributed by atoms with E-state index in [1.165, 1.54) is 11.8 Å². The van der Waals surface area contributed by atoms with Gasteiger partial charge in [-0.15, -0.1) is 0 Å². The Morgan fingerprint density at radius 1 is 1.14 bits per heavy atom. The van der Waals surface area contributed by atoms with Gasteiger partial charge in [0.2, 0.25) is 0 Å². The fourth-order valence-corrected chi connectivity index (χ4v) is 4.64. The number of ether oxygens (including phenoxy) is 1. The van der Waals surface area contributed by atoms with E-state index in [0.29, 0.717) is 41.5 Å². The van der Waals surface area contributed by atoms with Crippen molar-refractivity contribution < 1.29 is 23.3 Å². The second-order valence-electron chi connectivity index (χ2n) is 8.99. The number of aryl methyl sites for hydroxylation is 1. The third-order valence-corrected chi connectivity index (χ3v) is 6.54. The second kappa shape index (κ2) is 9.74. The highest BCUT2D eigenvalue weighted by molar-refractivity contribution is 6.05. The zero-order valence-electron chi connectivity index (χ0n) is 19.8. The van der Waals surface area contributed by atoms with Crippen molar-refractivity contribution >= 4 is 23.0 Å². The molecular formula is C27H27N3O5. The van der Waals surface area contributed by atoms with Crippen molar-refractivity contribution in [2.75, 3.05) is 13.1 Å². The fraction of sp³-hybridized carbons (Fsp3) is 0.333. The monoisotopic (exact) mass is 473 g/mol. The van der Waals surface area contributed by atoms with Crippen LogP contribution in [-0.2, 0) is 16.0 Å². The number of hydrogen-bond acceptors (Lipinski definition) is 7. The van der Waals surface area contributed by atoms with E-state index in [1.807, 2.05) is 6.07 Å². The van der Waals surface area contributed by atoms with Crippen LogP contribution in [0, 0.1) is 12.8 Å².